The number of anilines is 1. The zero-order valence-corrected chi connectivity index (χ0v) is 12.2. The Bertz CT molecular complexity index is 379. The van der Waals surface area contributed by atoms with E-state index in [9.17, 15) is 13.2 Å². The number of alkyl halides is 3. The topological polar surface area (TPSA) is 28.2 Å². The van der Waals surface area contributed by atoms with Gasteiger partial charge in [-0.25, -0.2) is 4.98 Å². The molecule has 1 N–H and O–H groups in total. The minimum Gasteiger partial charge on any atom is -0.339 e. The maximum Gasteiger partial charge on any atom is 0.406 e. The maximum absolute atomic E-state index is 12.4. The normalized spacial score (nSPS) is 13.6. The molecule has 0 aliphatic carbocycles. The molecule has 19 heavy (non-hydrogen) atoms. The number of hydrogen-bond acceptors (Lipinski definition) is 4. The molecule has 110 valence electrons. The van der Waals surface area contributed by atoms with Gasteiger partial charge in [-0.1, -0.05) is 6.92 Å². The highest BCUT2D eigenvalue weighted by atomic mass is 32.1. The second-order valence-electron chi connectivity index (χ2n) is 4.35. The van der Waals surface area contributed by atoms with Gasteiger partial charge in [-0.05, 0) is 26.8 Å². The van der Waals surface area contributed by atoms with Crippen LogP contribution in [0.1, 0.15) is 38.1 Å². The molecule has 1 atom stereocenters. The van der Waals surface area contributed by atoms with Gasteiger partial charge in [0.15, 0.2) is 5.13 Å². The van der Waals surface area contributed by atoms with Crippen LogP contribution in [0.2, 0.25) is 0 Å². The summed E-state index contributed by atoms with van der Waals surface area (Å²) < 4.78 is 37.3. The van der Waals surface area contributed by atoms with E-state index in [2.05, 4.69) is 17.2 Å². The van der Waals surface area contributed by atoms with E-state index in [1.807, 2.05) is 6.92 Å². The zero-order chi connectivity index (χ0) is 14.5. The average Bonchev–Trinajstić information content (AvgIpc) is 2.81. The summed E-state index contributed by atoms with van der Waals surface area (Å²) in [4.78, 5) is 6.32. The summed E-state index contributed by atoms with van der Waals surface area (Å²) in [7, 11) is 0. The number of thiazole rings is 1. The summed E-state index contributed by atoms with van der Waals surface area (Å²) >= 11 is 1.32. The van der Waals surface area contributed by atoms with Crippen LogP contribution in [-0.4, -0.2) is 30.8 Å². The highest BCUT2D eigenvalue weighted by Crippen LogP contribution is 2.29. The number of halogens is 3. The standard InChI is InChI=1S/C12H20F3N3S/c1-4-6-16-9(3)10-7-17-11(19-10)18(5-2)8-12(13,14)15/h7,9,16H,4-6,8H2,1-3H3. The average molecular weight is 295 g/mol. The van der Waals surface area contributed by atoms with Crippen molar-refractivity contribution in [3.8, 4) is 0 Å². The lowest BCUT2D eigenvalue weighted by Crippen LogP contribution is -2.33. The van der Waals surface area contributed by atoms with Crippen molar-refractivity contribution in [3.63, 3.8) is 0 Å². The Labute approximate surface area is 115 Å². The van der Waals surface area contributed by atoms with Crippen molar-refractivity contribution in [1.29, 1.82) is 0 Å². The Morgan fingerprint density at radius 1 is 1.42 bits per heavy atom. The zero-order valence-electron chi connectivity index (χ0n) is 11.4. The number of aromatic nitrogens is 1. The van der Waals surface area contributed by atoms with E-state index in [0.717, 1.165) is 17.8 Å². The van der Waals surface area contributed by atoms with Gasteiger partial charge in [-0.3, -0.25) is 0 Å². The Kier molecular flexibility index (Phi) is 6.06. The fourth-order valence-corrected chi connectivity index (χ4v) is 2.62. The van der Waals surface area contributed by atoms with Crippen molar-refractivity contribution in [2.45, 2.75) is 39.4 Å². The van der Waals surface area contributed by atoms with E-state index in [4.69, 9.17) is 0 Å². The van der Waals surface area contributed by atoms with Crippen LogP contribution in [0.5, 0.6) is 0 Å². The van der Waals surface area contributed by atoms with Gasteiger partial charge in [0.05, 0.1) is 0 Å². The molecule has 0 bridgehead atoms. The predicted molar refractivity (Wildman–Crippen MR) is 72.8 cm³/mol. The summed E-state index contributed by atoms with van der Waals surface area (Å²) in [5.41, 5.74) is 0. The summed E-state index contributed by atoms with van der Waals surface area (Å²) in [5, 5.41) is 3.73. The van der Waals surface area contributed by atoms with E-state index in [-0.39, 0.29) is 6.04 Å². The van der Waals surface area contributed by atoms with Crippen LogP contribution in [0.25, 0.3) is 0 Å². The van der Waals surface area contributed by atoms with Crippen LogP contribution >= 0.6 is 11.3 Å². The van der Waals surface area contributed by atoms with Crippen molar-refractivity contribution in [2.24, 2.45) is 0 Å². The van der Waals surface area contributed by atoms with E-state index in [1.165, 1.54) is 16.2 Å². The molecule has 1 unspecified atom stereocenters. The molecule has 1 aromatic heterocycles. The van der Waals surface area contributed by atoms with Gasteiger partial charge in [0.2, 0.25) is 0 Å². The van der Waals surface area contributed by atoms with Gasteiger partial charge in [-0.15, -0.1) is 11.3 Å². The largest absolute Gasteiger partial charge is 0.406 e. The van der Waals surface area contributed by atoms with Crippen molar-refractivity contribution in [3.05, 3.63) is 11.1 Å². The van der Waals surface area contributed by atoms with Crippen LogP contribution in [0.15, 0.2) is 6.20 Å². The van der Waals surface area contributed by atoms with Crippen LogP contribution in [-0.2, 0) is 0 Å². The first-order valence-corrected chi connectivity index (χ1v) is 7.19. The molecular weight excluding hydrogens is 275 g/mol. The lowest BCUT2D eigenvalue weighted by atomic mass is 10.3. The second-order valence-corrected chi connectivity index (χ2v) is 5.39. The smallest absolute Gasteiger partial charge is 0.339 e. The fourth-order valence-electron chi connectivity index (χ4n) is 1.62. The summed E-state index contributed by atoms with van der Waals surface area (Å²) in [6, 6.07) is 0.121. The lowest BCUT2D eigenvalue weighted by molar-refractivity contribution is -0.119. The third-order valence-electron chi connectivity index (χ3n) is 2.66. The van der Waals surface area contributed by atoms with Crippen molar-refractivity contribution < 1.29 is 13.2 Å². The SMILES string of the molecule is CCCNC(C)c1cnc(N(CC)CC(F)(F)F)s1. The predicted octanol–water partition coefficient (Wildman–Crippen LogP) is 3.59. The molecule has 1 aromatic rings. The van der Waals surface area contributed by atoms with Crippen LogP contribution in [0.4, 0.5) is 18.3 Å². The fraction of sp³-hybridized carbons (Fsp3) is 0.750. The quantitative estimate of drug-likeness (QED) is 0.833. The Morgan fingerprint density at radius 3 is 2.63 bits per heavy atom. The van der Waals surface area contributed by atoms with E-state index >= 15 is 0 Å². The van der Waals surface area contributed by atoms with Gasteiger partial charge >= 0.3 is 6.18 Å². The molecule has 0 amide bonds. The first-order chi connectivity index (χ1) is 8.87. The third-order valence-corrected chi connectivity index (χ3v) is 3.90. The highest BCUT2D eigenvalue weighted by molar-refractivity contribution is 7.15. The van der Waals surface area contributed by atoms with E-state index in [1.54, 1.807) is 13.1 Å². The molecule has 1 rings (SSSR count). The first-order valence-electron chi connectivity index (χ1n) is 6.38. The van der Waals surface area contributed by atoms with E-state index in [0.29, 0.717) is 11.7 Å². The molecule has 0 fully saturated rings. The first kappa shape index (κ1) is 16.2. The van der Waals surface area contributed by atoms with Crippen LogP contribution in [0, 0.1) is 0 Å². The molecule has 0 saturated heterocycles. The van der Waals surface area contributed by atoms with Gasteiger partial charge in [0.25, 0.3) is 0 Å². The van der Waals surface area contributed by atoms with Crippen molar-refractivity contribution in [1.82, 2.24) is 10.3 Å². The monoisotopic (exact) mass is 295 g/mol. The summed E-state index contributed by atoms with van der Waals surface area (Å²) in [6.07, 6.45) is -1.52. The number of nitrogens with one attached hydrogen (secondary N) is 1. The molecule has 0 aromatic carbocycles. The van der Waals surface area contributed by atoms with Crippen molar-refractivity contribution >= 4 is 16.5 Å². The Balaban J connectivity index is 2.71. The minimum absolute atomic E-state index is 0.121. The molecule has 0 spiro atoms. The molecular formula is C12H20F3N3S. The van der Waals surface area contributed by atoms with Gasteiger partial charge < -0.3 is 10.2 Å². The summed E-state index contributed by atoms with van der Waals surface area (Å²) in [6.45, 7) is 5.99. The van der Waals surface area contributed by atoms with Crippen LogP contribution < -0.4 is 10.2 Å². The van der Waals surface area contributed by atoms with Gasteiger partial charge in [-0.2, -0.15) is 13.2 Å². The molecule has 7 heteroatoms. The Hall–Kier alpha value is -0.820. The maximum atomic E-state index is 12.4. The van der Waals surface area contributed by atoms with E-state index < -0.39 is 12.7 Å². The van der Waals surface area contributed by atoms with Gasteiger partial charge in [0.1, 0.15) is 6.54 Å². The van der Waals surface area contributed by atoms with Crippen molar-refractivity contribution in [2.75, 3.05) is 24.5 Å². The molecule has 1 heterocycles. The molecule has 0 aliphatic rings. The number of hydrogen-bond donors (Lipinski definition) is 1. The molecule has 3 nitrogen and oxygen atoms in total. The number of nitrogens with zero attached hydrogens (tertiary/aromatic N) is 2. The lowest BCUT2D eigenvalue weighted by Gasteiger charge is -2.21. The molecule has 0 aliphatic heterocycles. The molecule has 0 radical (unpaired) electrons. The highest BCUT2D eigenvalue weighted by Gasteiger charge is 2.31. The van der Waals surface area contributed by atoms with Crippen LogP contribution in [0.3, 0.4) is 0 Å². The number of rotatable bonds is 7. The van der Waals surface area contributed by atoms with Gasteiger partial charge in [0, 0.05) is 23.7 Å². The Morgan fingerprint density at radius 2 is 2.11 bits per heavy atom. The minimum atomic E-state index is -4.20. The second kappa shape index (κ2) is 7.09. The summed E-state index contributed by atoms with van der Waals surface area (Å²) in [5.74, 6) is 0. The molecule has 0 saturated carbocycles. The third kappa shape index (κ3) is 5.36.